The molecule has 0 radical (unpaired) electrons. The van der Waals surface area contributed by atoms with Gasteiger partial charge in [-0.05, 0) is 45.3 Å². The fourth-order valence-corrected chi connectivity index (χ4v) is 145. The first-order chi connectivity index (χ1) is 50.8. The lowest BCUT2D eigenvalue weighted by molar-refractivity contribution is 0.00578. The predicted octanol–water partition coefficient (Wildman–Crippen LogP) is 6.94. The number of rotatable bonds is 4. The lowest BCUT2D eigenvalue weighted by Gasteiger charge is -2.32. The minimum atomic E-state index is -0.676. The fraction of sp³-hybridized carbons (Fsp3) is 0.182. The van der Waals surface area contributed by atoms with E-state index in [1.54, 1.807) is 131 Å². The molecule has 6 aromatic rings. The summed E-state index contributed by atoms with van der Waals surface area (Å²) in [6.07, 6.45) is 0. The van der Waals surface area contributed by atoms with E-state index in [0.29, 0.717) is 27.5 Å². The summed E-state index contributed by atoms with van der Waals surface area (Å²) in [7, 11) is 94.2. The van der Waals surface area contributed by atoms with Crippen molar-refractivity contribution in [3.63, 3.8) is 0 Å². The zero-order chi connectivity index (χ0) is 75.7. The van der Waals surface area contributed by atoms with Crippen LogP contribution in [-0.2, 0) is 502 Å². The van der Waals surface area contributed by atoms with Gasteiger partial charge in [0.25, 0.3) is 0 Å². The number of nitrogens with zero attached hydrogens (tertiary/aromatic N) is 3. The van der Waals surface area contributed by atoms with Gasteiger partial charge >= 0.3 is 7.12 Å². The number of benzene rings is 4. The van der Waals surface area contributed by atoms with Gasteiger partial charge < -0.3 is 13.7 Å². The van der Waals surface area contributed by atoms with Crippen molar-refractivity contribution in [1.29, 1.82) is 0 Å². The van der Waals surface area contributed by atoms with Crippen LogP contribution in [0.25, 0.3) is 56.1 Å². The molecule has 1 aliphatic rings. The number of hydrogen-bond donors (Lipinski definition) is 0. The maximum absolute atomic E-state index is 8.61. The standard InChI is InChI=1S/C33H28BN3O3.S55/c1-32(2)33(3,4)40-34(39-32)23-18-19-26-25(20-23)28-24(16-11-17-27(28)38-26)31-36-29(21-12-7-5-8-13-21)35-30(37-31)22-14-9-6-10-15-22;1-3-5-7-9-11-13-15-17-19-21-23-25-27-29-31-33-35-37-39-41-43-45-47-49-51-53-55-54-52-50-48-46-44-42-40-38-36-34-32-30-28-26-24-22-20-18-16-14-12-10-8-6-4-2/h5-20H,1-4H3;/i5D,6D,7D,8D,9D,10D,12D,13D,14D,15D;. The number of aromatic nitrogens is 3. The molecule has 0 spiro atoms. The highest BCUT2D eigenvalue weighted by molar-refractivity contribution is 8.83. The summed E-state index contributed by atoms with van der Waals surface area (Å²) in [5, 5.41) is 1.21. The van der Waals surface area contributed by atoms with Crippen LogP contribution in [0.5, 0.6) is 0 Å². The Morgan fingerprint density at radius 2 is 0.611 bits per heavy atom. The Kier molecular flexibility index (Phi) is 48.8. The van der Waals surface area contributed by atoms with Gasteiger partial charge in [-0.1, -0.05) is 84.7 Å². The monoisotopic (exact) mass is 2290 g/mol. The van der Waals surface area contributed by atoms with Crippen molar-refractivity contribution in [2.75, 3.05) is 0 Å². The van der Waals surface area contributed by atoms with Crippen LogP contribution in [0.3, 0.4) is 0 Å². The van der Waals surface area contributed by atoms with Crippen molar-refractivity contribution in [2.24, 2.45) is 0 Å². The molecular formula is C33H28BN3O3S55. The van der Waals surface area contributed by atoms with Crippen molar-refractivity contribution in [3.8, 4) is 34.2 Å². The second-order valence-corrected chi connectivity index (χ2v) is 108. The van der Waals surface area contributed by atoms with Crippen molar-refractivity contribution in [1.82, 2.24) is 15.0 Å². The van der Waals surface area contributed by atoms with E-state index in [9.17, 15) is 0 Å². The van der Waals surface area contributed by atoms with Crippen LogP contribution in [0.4, 0.5) is 0 Å². The van der Waals surface area contributed by atoms with E-state index in [-0.39, 0.29) is 28.6 Å². The summed E-state index contributed by atoms with van der Waals surface area (Å²) in [4.78, 5) is 13.6. The number of furan rings is 1. The van der Waals surface area contributed by atoms with E-state index in [1.165, 1.54) is 17.8 Å². The average Bonchev–Trinajstić information content (AvgIpc) is 1.67. The lowest BCUT2D eigenvalue weighted by Crippen LogP contribution is -2.41. The quantitative estimate of drug-likeness (QED) is 0.176. The molecule has 7 rings (SSSR count). The van der Waals surface area contributed by atoms with E-state index >= 15 is 0 Å². The van der Waals surface area contributed by atoms with Gasteiger partial charge in [0.05, 0.1) is 24.9 Å². The van der Waals surface area contributed by atoms with Crippen molar-refractivity contribution >= 4 is 528 Å². The zero-order valence-electron chi connectivity index (χ0n) is 54.6. The Balaban J connectivity index is 0.000000330. The van der Waals surface area contributed by atoms with E-state index in [1.807, 2.05) is 386 Å². The summed E-state index contributed by atoms with van der Waals surface area (Å²) >= 11 is 9.63. The van der Waals surface area contributed by atoms with Gasteiger partial charge in [-0.25, -0.2) is 15.0 Å². The molecule has 0 saturated carbocycles. The van der Waals surface area contributed by atoms with Gasteiger partial charge in [-0.15, -0.1) is 0 Å². The normalized spacial score (nSPS) is 12.8. The topological polar surface area (TPSA) is 70.3 Å². The summed E-state index contributed by atoms with van der Waals surface area (Å²) in [5.74, 6) is -0.758. The molecule has 1 aliphatic heterocycles. The molecule has 0 N–H and O–H groups in total. The second kappa shape index (κ2) is 60.4. The molecule has 0 unspecified atom stereocenters. The molecule has 0 bridgehead atoms. The molecule has 1 saturated heterocycles. The first-order valence-electron chi connectivity index (χ1n) is 26.7. The smallest absolute Gasteiger partial charge is 0.456 e. The SMILES string of the molecule is S=S=S=S=S=S=S=S=S=S=S=S=S=S=S=S=S=S=S=S=S=S=S=S=S=S=S=S=S=S=S=S=S=S=S=S=S=S=S=S=S=S=S=S=S=S=S=S=S=S=S=S=S=S=S.[2H]c1c([2H])c([2H])c(-c2nc(-c3c([2H])c([2H])c([2H])c([2H])c3[2H])nc(-c3cccc4oc5ccc(B6OC(C)(C)C(C)(C)O6)cc5c34)n2)c([2H])c1[2H]. The molecule has 2 aromatic heterocycles. The molecule has 0 atom stereocenters. The highest BCUT2D eigenvalue weighted by Gasteiger charge is 2.51. The number of fused-ring (bicyclic) bond motifs is 3. The summed E-state index contributed by atoms with van der Waals surface area (Å²) in [6.45, 7) is 7.82. The van der Waals surface area contributed by atoms with Crippen LogP contribution in [0, 0.1) is 0 Å². The van der Waals surface area contributed by atoms with Crippen molar-refractivity contribution in [3.05, 3.63) is 96.8 Å². The molecule has 4 aromatic carbocycles. The van der Waals surface area contributed by atoms with Crippen LogP contribution in [-0.4, -0.2) is 33.3 Å². The van der Waals surface area contributed by atoms with Crippen LogP contribution >= 0.6 is 0 Å². The summed E-state index contributed by atoms with van der Waals surface area (Å²) in [6, 6.07) is 4.63. The molecule has 6 nitrogen and oxygen atoms in total. The molecular weight excluding hydrogens is 2260 g/mol. The Morgan fingerprint density at radius 1 is 0.337 bits per heavy atom. The van der Waals surface area contributed by atoms with Gasteiger partial charge in [-0.2, -0.15) is 0 Å². The first kappa shape index (κ1) is 76.7. The predicted molar refractivity (Wildman–Crippen MR) is 564 cm³/mol. The molecule has 0 aliphatic carbocycles. The van der Waals surface area contributed by atoms with Crippen molar-refractivity contribution in [2.45, 2.75) is 38.9 Å². The molecule has 526 valence electrons. The third kappa shape index (κ3) is 40.7. The fourth-order valence-electron chi connectivity index (χ4n) is 5.18. The van der Waals surface area contributed by atoms with E-state index in [4.69, 9.17) is 49.8 Å². The maximum Gasteiger partial charge on any atom is 0.494 e. The molecule has 0 amide bonds. The number of hydrogen-bond acceptors (Lipinski definition) is 8. The Morgan fingerprint density at radius 3 is 0.895 bits per heavy atom. The van der Waals surface area contributed by atoms with Crippen LogP contribution in [0.15, 0.2) is 101 Å². The van der Waals surface area contributed by atoms with Crippen LogP contribution < -0.4 is 5.46 Å². The van der Waals surface area contributed by atoms with Gasteiger partial charge in [-0.3, -0.25) is 0 Å². The third-order valence-corrected chi connectivity index (χ3v) is 124. The second-order valence-electron chi connectivity index (χ2n) is 14.0. The van der Waals surface area contributed by atoms with Gasteiger partial charge in [0.2, 0.25) is 0 Å². The Bertz CT molecular complexity index is 6810. The molecule has 95 heavy (non-hydrogen) atoms. The van der Waals surface area contributed by atoms with Crippen molar-refractivity contribution < 1.29 is 27.4 Å². The van der Waals surface area contributed by atoms with Gasteiger partial charge in [0.1, 0.15) is 11.2 Å². The van der Waals surface area contributed by atoms with Crippen LogP contribution in [0.2, 0.25) is 0 Å². The van der Waals surface area contributed by atoms with E-state index in [0.717, 1.165) is 5.46 Å². The maximum atomic E-state index is 8.61. The van der Waals surface area contributed by atoms with Crippen LogP contribution in [0.1, 0.15) is 41.4 Å². The largest absolute Gasteiger partial charge is 0.494 e. The minimum Gasteiger partial charge on any atom is -0.456 e. The highest BCUT2D eigenvalue weighted by atomic mass is 33.5. The van der Waals surface area contributed by atoms with Gasteiger partial charge in [0, 0.05) is 521 Å². The summed E-state index contributed by atoms with van der Waals surface area (Å²) in [5.41, 5.74) is 0.236. The minimum absolute atomic E-state index is 0.0574. The highest BCUT2D eigenvalue weighted by Crippen LogP contribution is 2.39. The van der Waals surface area contributed by atoms with E-state index < -0.39 is 78.7 Å². The molecule has 1 fully saturated rings. The Labute approximate surface area is 723 Å². The zero-order valence-corrected chi connectivity index (χ0v) is 89.5. The van der Waals surface area contributed by atoms with E-state index in [2.05, 4.69) is 15.0 Å². The summed E-state index contributed by atoms with van der Waals surface area (Å²) < 4.78 is 102. The van der Waals surface area contributed by atoms with Gasteiger partial charge in [0.15, 0.2) is 17.5 Å². The third-order valence-electron chi connectivity index (χ3n) is 8.81. The Hall–Kier alpha value is 7.77. The lowest BCUT2D eigenvalue weighted by atomic mass is 9.78. The molecule has 62 heteroatoms. The average molecular weight is 2300 g/mol. The molecule has 3 heterocycles. The first-order valence-corrected chi connectivity index (χ1v) is 93.7.